The van der Waals surface area contributed by atoms with Gasteiger partial charge < -0.3 is 15.4 Å². The van der Waals surface area contributed by atoms with Crippen LogP contribution in [0.25, 0.3) is 0 Å². The number of hydrogen-bond donors (Lipinski definition) is 2. The zero-order chi connectivity index (χ0) is 23.3. The third-order valence-corrected chi connectivity index (χ3v) is 5.79. The fourth-order valence-electron chi connectivity index (χ4n) is 4.15. The van der Waals surface area contributed by atoms with Crippen LogP contribution in [0.5, 0.6) is 5.88 Å². The molecule has 170 valence electrons. The highest BCUT2D eigenvalue weighted by Crippen LogP contribution is 2.31. The van der Waals surface area contributed by atoms with Crippen LogP contribution >= 0.6 is 0 Å². The van der Waals surface area contributed by atoms with Gasteiger partial charge in [0.15, 0.2) is 0 Å². The van der Waals surface area contributed by atoms with E-state index < -0.39 is 0 Å². The van der Waals surface area contributed by atoms with E-state index in [2.05, 4.69) is 34.9 Å². The molecule has 1 unspecified atom stereocenters. The van der Waals surface area contributed by atoms with Gasteiger partial charge in [-0.3, -0.25) is 10.3 Å². The van der Waals surface area contributed by atoms with E-state index in [0.717, 1.165) is 44.0 Å². The highest BCUT2D eigenvalue weighted by Gasteiger charge is 2.27. The Labute approximate surface area is 191 Å². The summed E-state index contributed by atoms with van der Waals surface area (Å²) in [7, 11) is 0. The molecule has 1 aromatic heterocycles. The van der Waals surface area contributed by atoms with Gasteiger partial charge in [-0.05, 0) is 58.0 Å². The first-order valence-corrected chi connectivity index (χ1v) is 11.2. The standard InChI is InChI=1S/C26H35N5O/c1-6-13-30-14-12-21(17-30)19(5)31(7-2)22-9-10-24(27)23(15-22)26(28)20-8-11-25(29-16-20)32-18(3)4/h6,8-11,15-16,18,21,28H,1,5,7,12-14,17,27H2,2-4H3. The number of hydrogen-bond acceptors (Lipinski definition) is 6. The SMILES string of the molecule is C=CCN1CCC(C(=C)N(CC)c2ccc(N)c(C(=N)c3ccc(OC(C)C)nc3)c2)C1. The van der Waals surface area contributed by atoms with E-state index in [1.807, 2.05) is 44.2 Å². The van der Waals surface area contributed by atoms with Gasteiger partial charge in [0.25, 0.3) is 0 Å². The second-order valence-corrected chi connectivity index (χ2v) is 8.47. The molecule has 0 radical (unpaired) electrons. The van der Waals surface area contributed by atoms with Gasteiger partial charge in [0.05, 0.1) is 11.8 Å². The number of nitrogens with zero attached hydrogens (tertiary/aromatic N) is 3. The number of benzene rings is 1. The van der Waals surface area contributed by atoms with Crippen molar-refractivity contribution < 1.29 is 4.74 Å². The van der Waals surface area contributed by atoms with Gasteiger partial charge in [0.1, 0.15) is 0 Å². The lowest BCUT2D eigenvalue weighted by Crippen LogP contribution is -2.29. The van der Waals surface area contributed by atoms with Crippen LogP contribution in [0.2, 0.25) is 0 Å². The first-order chi connectivity index (χ1) is 15.3. The Bertz CT molecular complexity index is 967. The summed E-state index contributed by atoms with van der Waals surface area (Å²) in [6.45, 7) is 18.1. The average molecular weight is 434 g/mol. The van der Waals surface area contributed by atoms with E-state index in [0.29, 0.717) is 34.3 Å². The second-order valence-electron chi connectivity index (χ2n) is 8.47. The molecule has 6 nitrogen and oxygen atoms in total. The van der Waals surface area contributed by atoms with E-state index in [9.17, 15) is 0 Å². The van der Waals surface area contributed by atoms with Crippen molar-refractivity contribution >= 4 is 17.1 Å². The van der Waals surface area contributed by atoms with Gasteiger partial charge in [0.2, 0.25) is 5.88 Å². The summed E-state index contributed by atoms with van der Waals surface area (Å²) in [5.41, 5.74) is 10.7. The minimum Gasteiger partial charge on any atom is -0.475 e. The molecule has 1 fully saturated rings. The van der Waals surface area contributed by atoms with Crippen molar-refractivity contribution in [3.63, 3.8) is 0 Å². The molecular weight excluding hydrogens is 398 g/mol. The van der Waals surface area contributed by atoms with E-state index in [4.69, 9.17) is 15.9 Å². The molecule has 1 atom stereocenters. The number of rotatable bonds is 10. The normalized spacial score (nSPS) is 16.2. The first kappa shape index (κ1) is 23.5. The van der Waals surface area contributed by atoms with E-state index in [1.54, 1.807) is 12.3 Å². The number of nitrogens with two attached hydrogens (primary N) is 1. The lowest BCUT2D eigenvalue weighted by Gasteiger charge is -2.30. The molecule has 32 heavy (non-hydrogen) atoms. The van der Waals surface area contributed by atoms with Crippen LogP contribution < -0.4 is 15.4 Å². The lowest BCUT2D eigenvalue weighted by atomic mass is 10.00. The third-order valence-electron chi connectivity index (χ3n) is 5.79. The molecule has 2 aromatic rings. The van der Waals surface area contributed by atoms with Crippen molar-refractivity contribution in [2.75, 3.05) is 36.8 Å². The molecule has 0 aliphatic carbocycles. The average Bonchev–Trinajstić information content (AvgIpc) is 3.24. The number of pyridine rings is 1. The Balaban J connectivity index is 1.81. The van der Waals surface area contributed by atoms with Gasteiger partial charge in [-0.25, -0.2) is 4.98 Å². The lowest BCUT2D eigenvalue weighted by molar-refractivity contribution is 0.232. The molecule has 6 heteroatoms. The molecule has 0 spiro atoms. The van der Waals surface area contributed by atoms with Crippen molar-refractivity contribution in [3.8, 4) is 5.88 Å². The van der Waals surface area contributed by atoms with Crippen LogP contribution in [-0.4, -0.2) is 47.9 Å². The molecule has 2 heterocycles. The molecule has 1 aliphatic heterocycles. The summed E-state index contributed by atoms with van der Waals surface area (Å²) >= 11 is 0. The molecule has 3 rings (SSSR count). The zero-order valence-corrected chi connectivity index (χ0v) is 19.5. The Morgan fingerprint density at radius 3 is 2.78 bits per heavy atom. The summed E-state index contributed by atoms with van der Waals surface area (Å²) in [6.07, 6.45) is 4.76. The van der Waals surface area contributed by atoms with E-state index in [1.165, 1.54) is 0 Å². The fourth-order valence-corrected chi connectivity index (χ4v) is 4.15. The maximum absolute atomic E-state index is 8.75. The van der Waals surface area contributed by atoms with Crippen LogP contribution in [-0.2, 0) is 0 Å². The quantitative estimate of drug-likeness (QED) is 0.322. The number of ether oxygens (including phenoxy) is 1. The summed E-state index contributed by atoms with van der Waals surface area (Å²) in [4.78, 5) is 8.97. The molecular formula is C26H35N5O. The van der Waals surface area contributed by atoms with Gasteiger partial charge in [0, 0.05) is 66.0 Å². The number of aromatic nitrogens is 1. The zero-order valence-electron chi connectivity index (χ0n) is 19.5. The largest absolute Gasteiger partial charge is 0.475 e. The molecule has 0 amide bonds. The Morgan fingerprint density at radius 1 is 1.38 bits per heavy atom. The smallest absolute Gasteiger partial charge is 0.213 e. The molecule has 1 saturated heterocycles. The fraction of sp³-hybridized carbons (Fsp3) is 0.385. The maximum atomic E-state index is 8.75. The summed E-state index contributed by atoms with van der Waals surface area (Å²) in [5.74, 6) is 0.960. The summed E-state index contributed by atoms with van der Waals surface area (Å²) < 4.78 is 5.61. The highest BCUT2D eigenvalue weighted by molar-refractivity contribution is 6.14. The molecule has 1 aliphatic rings. The summed E-state index contributed by atoms with van der Waals surface area (Å²) in [5, 5.41) is 8.75. The minimum atomic E-state index is 0.0528. The Morgan fingerprint density at radius 2 is 2.16 bits per heavy atom. The van der Waals surface area contributed by atoms with E-state index in [-0.39, 0.29) is 6.10 Å². The number of likely N-dealkylation sites (tertiary alicyclic amines) is 1. The predicted molar refractivity (Wildman–Crippen MR) is 134 cm³/mol. The molecule has 0 saturated carbocycles. The van der Waals surface area contributed by atoms with Crippen LogP contribution in [0, 0.1) is 11.3 Å². The van der Waals surface area contributed by atoms with Crippen molar-refractivity contribution in [1.29, 1.82) is 5.41 Å². The third kappa shape index (κ3) is 5.37. The van der Waals surface area contributed by atoms with Crippen LogP contribution in [0.3, 0.4) is 0 Å². The maximum Gasteiger partial charge on any atom is 0.213 e. The van der Waals surface area contributed by atoms with Crippen LogP contribution in [0.1, 0.15) is 38.3 Å². The topological polar surface area (TPSA) is 78.5 Å². The Kier molecular flexibility index (Phi) is 7.70. The Hall–Kier alpha value is -3.12. The molecule has 3 N–H and O–H groups in total. The molecule has 0 bridgehead atoms. The number of nitrogen functional groups attached to an aromatic ring is 1. The van der Waals surface area contributed by atoms with Crippen molar-refractivity contribution in [1.82, 2.24) is 9.88 Å². The number of anilines is 2. The first-order valence-electron chi connectivity index (χ1n) is 11.2. The predicted octanol–water partition coefficient (Wildman–Crippen LogP) is 4.72. The minimum absolute atomic E-state index is 0.0528. The van der Waals surface area contributed by atoms with Crippen molar-refractivity contribution in [2.45, 2.75) is 33.3 Å². The summed E-state index contributed by atoms with van der Waals surface area (Å²) in [6, 6.07) is 9.51. The van der Waals surface area contributed by atoms with Crippen LogP contribution in [0.15, 0.2) is 61.5 Å². The van der Waals surface area contributed by atoms with Gasteiger partial charge in [-0.2, -0.15) is 0 Å². The van der Waals surface area contributed by atoms with Gasteiger partial charge >= 0.3 is 0 Å². The monoisotopic (exact) mass is 433 g/mol. The van der Waals surface area contributed by atoms with Gasteiger partial charge in [-0.15, -0.1) is 6.58 Å². The van der Waals surface area contributed by atoms with Crippen molar-refractivity contribution in [2.24, 2.45) is 5.92 Å². The van der Waals surface area contributed by atoms with Gasteiger partial charge in [-0.1, -0.05) is 12.7 Å². The van der Waals surface area contributed by atoms with E-state index >= 15 is 0 Å². The highest BCUT2D eigenvalue weighted by atomic mass is 16.5. The number of nitrogens with one attached hydrogen (secondary N) is 1. The molecule has 1 aromatic carbocycles. The van der Waals surface area contributed by atoms with Crippen molar-refractivity contribution in [3.05, 3.63) is 72.6 Å². The van der Waals surface area contributed by atoms with Crippen LogP contribution in [0.4, 0.5) is 11.4 Å². The second kappa shape index (κ2) is 10.5.